The molecule has 0 radical (unpaired) electrons. The van der Waals surface area contributed by atoms with Crippen molar-refractivity contribution >= 4 is 19.2 Å². The van der Waals surface area contributed by atoms with E-state index in [1.54, 1.807) is 6.92 Å². The maximum Gasteiger partial charge on any atom is 0.427 e. The number of ketones is 1. The van der Waals surface area contributed by atoms with Gasteiger partial charge in [0.25, 0.3) is 0 Å². The molecular weight excluding hydrogens is 337 g/mol. The molecule has 1 unspecified atom stereocenters. The van der Waals surface area contributed by atoms with Crippen molar-refractivity contribution in [2.45, 2.75) is 12.8 Å². The third-order valence-corrected chi connectivity index (χ3v) is 3.93. The van der Waals surface area contributed by atoms with Crippen molar-refractivity contribution in [3.8, 4) is 17.2 Å². The number of aromatic hydroxyl groups is 3. The molecule has 2 rings (SSSR count). The van der Waals surface area contributed by atoms with Crippen LogP contribution >= 0.6 is 7.75 Å². The van der Waals surface area contributed by atoms with Gasteiger partial charge in [0, 0.05) is 18.1 Å². The zero-order chi connectivity index (χ0) is 18.1. The van der Waals surface area contributed by atoms with E-state index in [4.69, 9.17) is 9.79 Å². The van der Waals surface area contributed by atoms with E-state index in [9.17, 15) is 24.7 Å². The van der Waals surface area contributed by atoms with Crippen LogP contribution in [0.4, 0.5) is 5.69 Å². The second-order valence-electron chi connectivity index (χ2n) is 5.22. The minimum absolute atomic E-state index is 0.0229. The van der Waals surface area contributed by atoms with Gasteiger partial charge in [0.1, 0.15) is 17.2 Å². The van der Waals surface area contributed by atoms with Gasteiger partial charge in [-0.1, -0.05) is 19.1 Å². The molecule has 0 amide bonds. The van der Waals surface area contributed by atoms with Crippen molar-refractivity contribution in [1.29, 1.82) is 0 Å². The Balaban J connectivity index is 2.48. The predicted octanol–water partition coefficient (Wildman–Crippen LogP) is 2.29. The molecule has 0 aromatic heterocycles. The van der Waals surface area contributed by atoms with Crippen molar-refractivity contribution in [3.05, 3.63) is 47.5 Å². The molecule has 0 aliphatic heterocycles. The highest BCUT2D eigenvalue weighted by atomic mass is 31.2. The molecule has 8 nitrogen and oxygen atoms in total. The molecule has 24 heavy (non-hydrogen) atoms. The Morgan fingerprint density at radius 1 is 1.04 bits per heavy atom. The standard InChI is InChI=1S/C15H16NO7P/c1-8(9-2-4-10(17)5-3-9)15(20)14-12(16-24(21,22)23)6-11(18)7-13(14)19/h2-8,17-19H,1H3,(H3,16,21,22,23). The van der Waals surface area contributed by atoms with Crippen molar-refractivity contribution < 1.29 is 34.5 Å². The topological polar surface area (TPSA) is 147 Å². The van der Waals surface area contributed by atoms with Crippen LogP contribution in [0.5, 0.6) is 17.2 Å². The summed E-state index contributed by atoms with van der Waals surface area (Å²) in [7, 11) is -4.76. The van der Waals surface area contributed by atoms with Gasteiger partial charge in [-0.3, -0.25) is 9.88 Å². The molecule has 0 saturated heterocycles. The van der Waals surface area contributed by atoms with Crippen LogP contribution in [0.2, 0.25) is 0 Å². The monoisotopic (exact) mass is 353 g/mol. The summed E-state index contributed by atoms with van der Waals surface area (Å²) in [5.74, 6) is -2.43. The Kier molecular flexibility index (Phi) is 4.84. The van der Waals surface area contributed by atoms with E-state index >= 15 is 0 Å². The zero-order valence-electron chi connectivity index (χ0n) is 12.5. The summed E-state index contributed by atoms with van der Waals surface area (Å²) in [6.45, 7) is 1.54. The lowest BCUT2D eigenvalue weighted by Crippen LogP contribution is -2.12. The first-order chi connectivity index (χ1) is 11.1. The number of phenols is 3. The smallest absolute Gasteiger partial charge is 0.427 e. The number of hydrogen-bond donors (Lipinski definition) is 6. The van der Waals surface area contributed by atoms with Crippen molar-refractivity contribution in [3.63, 3.8) is 0 Å². The summed E-state index contributed by atoms with van der Waals surface area (Å²) in [6, 6.07) is 7.67. The predicted molar refractivity (Wildman–Crippen MR) is 86.3 cm³/mol. The van der Waals surface area contributed by atoms with E-state index in [1.807, 2.05) is 5.09 Å². The number of hydrogen-bond acceptors (Lipinski definition) is 5. The normalized spacial score (nSPS) is 12.6. The number of phenolic OH excluding ortho intramolecular Hbond substituents is 3. The molecule has 6 N–H and O–H groups in total. The Bertz CT molecular complexity index is 813. The molecule has 0 aliphatic rings. The number of carbonyl (C=O) groups is 1. The Hall–Kier alpha value is -2.54. The van der Waals surface area contributed by atoms with E-state index in [1.165, 1.54) is 24.3 Å². The van der Waals surface area contributed by atoms with Gasteiger partial charge in [0.15, 0.2) is 5.78 Å². The van der Waals surface area contributed by atoms with Gasteiger partial charge >= 0.3 is 7.75 Å². The lowest BCUT2D eigenvalue weighted by molar-refractivity contribution is 0.0964. The number of anilines is 1. The fraction of sp³-hybridized carbons (Fsp3) is 0.133. The number of rotatable bonds is 5. The molecule has 9 heteroatoms. The molecule has 0 fully saturated rings. The minimum atomic E-state index is -4.76. The molecule has 0 bridgehead atoms. The molecule has 0 spiro atoms. The lowest BCUT2D eigenvalue weighted by Gasteiger charge is -2.17. The van der Waals surface area contributed by atoms with Gasteiger partial charge in [-0.2, -0.15) is 0 Å². The van der Waals surface area contributed by atoms with Crippen molar-refractivity contribution in [2.24, 2.45) is 0 Å². The van der Waals surface area contributed by atoms with Gasteiger partial charge in [0.2, 0.25) is 0 Å². The number of carbonyl (C=O) groups excluding carboxylic acids is 1. The highest BCUT2D eigenvalue weighted by Crippen LogP contribution is 2.42. The van der Waals surface area contributed by atoms with Crippen LogP contribution in [-0.4, -0.2) is 30.9 Å². The fourth-order valence-electron chi connectivity index (χ4n) is 2.25. The van der Waals surface area contributed by atoms with E-state index in [0.717, 1.165) is 12.1 Å². The maximum absolute atomic E-state index is 12.7. The van der Waals surface area contributed by atoms with E-state index in [0.29, 0.717) is 5.56 Å². The third-order valence-electron chi connectivity index (χ3n) is 3.40. The summed E-state index contributed by atoms with van der Waals surface area (Å²) in [4.78, 5) is 30.8. The van der Waals surface area contributed by atoms with Crippen LogP contribution in [0.3, 0.4) is 0 Å². The molecular formula is C15H16NO7P. The highest BCUT2D eigenvalue weighted by molar-refractivity contribution is 7.53. The van der Waals surface area contributed by atoms with Crippen LogP contribution in [0.25, 0.3) is 0 Å². The number of nitrogens with one attached hydrogen (secondary N) is 1. The molecule has 0 aliphatic carbocycles. The number of benzene rings is 2. The number of Topliss-reactive ketones (excluding diaryl/α,β-unsaturated/α-hetero) is 1. The summed E-state index contributed by atoms with van der Waals surface area (Å²) < 4.78 is 11.2. The SMILES string of the molecule is CC(C(=O)c1c(O)cc(O)cc1NP(=O)(O)O)c1ccc(O)cc1. The average molecular weight is 353 g/mol. The average Bonchev–Trinajstić information content (AvgIpc) is 2.44. The summed E-state index contributed by atoms with van der Waals surface area (Å²) in [6.07, 6.45) is 0. The quantitative estimate of drug-likeness (QED) is 0.354. The molecule has 0 saturated carbocycles. The van der Waals surface area contributed by atoms with Crippen LogP contribution in [0.1, 0.15) is 28.8 Å². The summed E-state index contributed by atoms with van der Waals surface area (Å²) in [5.41, 5.74) is -0.194. The van der Waals surface area contributed by atoms with E-state index in [-0.39, 0.29) is 17.0 Å². The molecule has 0 heterocycles. The second-order valence-corrected chi connectivity index (χ2v) is 6.53. The molecule has 128 valence electrons. The van der Waals surface area contributed by atoms with Crippen LogP contribution in [0, 0.1) is 0 Å². The first kappa shape index (κ1) is 17.8. The zero-order valence-corrected chi connectivity index (χ0v) is 13.4. The second kappa shape index (κ2) is 6.52. The summed E-state index contributed by atoms with van der Waals surface area (Å²) in [5, 5.41) is 30.6. The van der Waals surface area contributed by atoms with Crippen molar-refractivity contribution in [1.82, 2.24) is 0 Å². The molecule has 2 aromatic rings. The van der Waals surface area contributed by atoms with Crippen molar-refractivity contribution in [2.75, 3.05) is 5.09 Å². The lowest BCUT2D eigenvalue weighted by atomic mass is 9.91. The first-order valence-electron chi connectivity index (χ1n) is 6.81. The third kappa shape index (κ3) is 4.05. The first-order valence-corrected chi connectivity index (χ1v) is 8.42. The Morgan fingerprint density at radius 3 is 2.17 bits per heavy atom. The van der Waals surface area contributed by atoms with E-state index in [2.05, 4.69) is 0 Å². The Morgan fingerprint density at radius 2 is 1.62 bits per heavy atom. The largest absolute Gasteiger partial charge is 0.508 e. The van der Waals surface area contributed by atoms with Gasteiger partial charge < -0.3 is 25.1 Å². The minimum Gasteiger partial charge on any atom is -0.508 e. The van der Waals surface area contributed by atoms with Gasteiger partial charge in [0.05, 0.1) is 11.3 Å². The van der Waals surface area contributed by atoms with Gasteiger partial charge in [-0.15, -0.1) is 0 Å². The van der Waals surface area contributed by atoms with Crippen LogP contribution in [-0.2, 0) is 4.57 Å². The molecule has 2 aromatic carbocycles. The van der Waals surface area contributed by atoms with Gasteiger partial charge in [-0.25, -0.2) is 4.57 Å². The summed E-state index contributed by atoms with van der Waals surface area (Å²) >= 11 is 0. The molecule has 1 atom stereocenters. The Labute approximate surface area is 137 Å². The highest BCUT2D eigenvalue weighted by Gasteiger charge is 2.27. The fourth-order valence-corrected chi connectivity index (χ4v) is 2.74. The van der Waals surface area contributed by atoms with Gasteiger partial charge in [-0.05, 0) is 17.7 Å². The van der Waals surface area contributed by atoms with Crippen LogP contribution < -0.4 is 5.09 Å². The maximum atomic E-state index is 12.7. The van der Waals surface area contributed by atoms with Crippen LogP contribution in [0.15, 0.2) is 36.4 Å². The van der Waals surface area contributed by atoms with E-state index < -0.39 is 30.9 Å².